The van der Waals surface area contributed by atoms with Crippen LogP contribution in [0, 0.1) is 5.92 Å². The van der Waals surface area contributed by atoms with Crippen molar-refractivity contribution in [3.63, 3.8) is 0 Å². The highest BCUT2D eigenvalue weighted by atomic mass is 35.5. The van der Waals surface area contributed by atoms with Crippen LogP contribution in [0.4, 0.5) is 18.0 Å². The van der Waals surface area contributed by atoms with Crippen LogP contribution >= 0.6 is 12.4 Å². The Morgan fingerprint density at radius 2 is 1.79 bits per heavy atom. The summed E-state index contributed by atoms with van der Waals surface area (Å²) in [5, 5.41) is 0. The molecule has 2 saturated heterocycles. The standard InChI is InChI=1S/C24H36F3N3O2.ClH/c1-3-9-30(19(2)16-21-5-4-6-22(17-21)24(25,26)27)18-20-7-10-28(11-8-20)23(31)29-12-14-32-15-13-29;/h4-6,17,19-20H,3,7-16,18H2,1-2H3;1H. The highest BCUT2D eigenvalue weighted by molar-refractivity contribution is 5.85. The number of halogens is 4. The van der Waals surface area contributed by atoms with Gasteiger partial charge in [-0.3, -0.25) is 0 Å². The van der Waals surface area contributed by atoms with E-state index in [2.05, 4.69) is 18.7 Å². The van der Waals surface area contributed by atoms with E-state index in [1.807, 2.05) is 9.80 Å². The van der Waals surface area contributed by atoms with Crippen LogP contribution in [0.1, 0.15) is 44.2 Å². The van der Waals surface area contributed by atoms with Crippen LogP contribution in [0.15, 0.2) is 24.3 Å². The molecular weight excluding hydrogens is 455 g/mol. The van der Waals surface area contributed by atoms with E-state index in [1.165, 1.54) is 12.1 Å². The van der Waals surface area contributed by atoms with Crippen molar-refractivity contribution in [2.24, 2.45) is 5.92 Å². The minimum absolute atomic E-state index is 0. The molecule has 0 bridgehead atoms. The van der Waals surface area contributed by atoms with E-state index in [0.717, 1.165) is 57.1 Å². The Hall–Kier alpha value is -1.51. The molecule has 2 amide bonds. The minimum Gasteiger partial charge on any atom is -0.378 e. The summed E-state index contributed by atoms with van der Waals surface area (Å²) in [7, 11) is 0. The Kier molecular flexibility index (Phi) is 10.8. The molecule has 0 aromatic heterocycles. The Labute approximate surface area is 201 Å². The highest BCUT2D eigenvalue weighted by Gasteiger charge is 2.31. The largest absolute Gasteiger partial charge is 0.416 e. The quantitative estimate of drug-likeness (QED) is 0.542. The summed E-state index contributed by atoms with van der Waals surface area (Å²) < 4.78 is 44.5. The smallest absolute Gasteiger partial charge is 0.378 e. The zero-order valence-corrected chi connectivity index (χ0v) is 20.5. The molecule has 9 heteroatoms. The number of benzene rings is 1. The number of alkyl halides is 3. The third-order valence-electron chi connectivity index (χ3n) is 6.58. The van der Waals surface area contributed by atoms with Crippen molar-refractivity contribution in [3.05, 3.63) is 35.4 Å². The molecule has 2 aliphatic rings. The summed E-state index contributed by atoms with van der Waals surface area (Å²) in [6.07, 6.45) is -0.784. The van der Waals surface area contributed by atoms with Crippen LogP contribution in [0.5, 0.6) is 0 Å². The summed E-state index contributed by atoms with van der Waals surface area (Å²) >= 11 is 0. The van der Waals surface area contributed by atoms with Gasteiger partial charge < -0.3 is 19.4 Å². The lowest BCUT2D eigenvalue weighted by Gasteiger charge is -2.39. The van der Waals surface area contributed by atoms with Gasteiger partial charge in [-0.1, -0.05) is 25.1 Å². The van der Waals surface area contributed by atoms with Crippen molar-refractivity contribution in [1.82, 2.24) is 14.7 Å². The second-order valence-corrected chi connectivity index (χ2v) is 9.06. The molecule has 0 saturated carbocycles. The van der Waals surface area contributed by atoms with Crippen molar-refractivity contribution in [1.29, 1.82) is 0 Å². The van der Waals surface area contributed by atoms with Gasteiger partial charge in [-0.15, -0.1) is 12.4 Å². The molecule has 1 aromatic rings. The molecule has 0 radical (unpaired) electrons. The van der Waals surface area contributed by atoms with E-state index in [1.54, 1.807) is 6.07 Å². The van der Waals surface area contributed by atoms with Gasteiger partial charge in [0.1, 0.15) is 0 Å². The molecule has 1 unspecified atom stereocenters. The van der Waals surface area contributed by atoms with E-state index in [-0.39, 0.29) is 24.5 Å². The van der Waals surface area contributed by atoms with Gasteiger partial charge in [0, 0.05) is 38.8 Å². The molecule has 188 valence electrons. The molecular formula is C24H37ClF3N3O2. The second-order valence-electron chi connectivity index (χ2n) is 9.06. The van der Waals surface area contributed by atoms with Gasteiger partial charge in [0.2, 0.25) is 0 Å². The fourth-order valence-electron chi connectivity index (χ4n) is 4.72. The number of carbonyl (C=O) groups is 1. The number of hydrogen-bond donors (Lipinski definition) is 0. The molecule has 5 nitrogen and oxygen atoms in total. The zero-order chi connectivity index (χ0) is 23.1. The predicted molar refractivity (Wildman–Crippen MR) is 126 cm³/mol. The lowest BCUT2D eigenvalue weighted by atomic mass is 9.94. The number of likely N-dealkylation sites (tertiary alicyclic amines) is 1. The molecule has 1 atom stereocenters. The summed E-state index contributed by atoms with van der Waals surface area (Å²) in [5.74, 6) is 0.499. The van der Waals surface area contributed by atoms with Crippen LogP contribution in [0.25, 0.3) is 0 Å². The number of amides is 2. The maximum absolute atomic E-state index is 13.1. The van der Waals surface area contributed by atoms with Gasteiger partial charge in [0.25, 0.3) is 0 Å². The molecule has 3 rings (SSSR count). The molecule has 0 spiro atoms. The molecule has 33 heavy (non-hydrogen) atoms. The van der Waals surface area contributed by atoms with Gasteiger partial charge in [0.15, 0.2) is 0 Å². The molecule has 0 aliphatic carbocycles. The number of nitrogens with zero attached hydrogens (tertiary/aromatic N) is 3. The SMILES string of the molecule is CCCN(CC1CCN(C(=O)N2CCOCC2)CC1)C(C)Cc1cccc(C(F)(F)F)c1.Cl. The maximum Gasteiger partial charge on any atom is 0.416 e. The normalized spacial score (nSPS) is 18.8. The lowest BCUT2D eigenvalue weighted by molar-refractivity contribution is -0.137. The number of hydrogen-bond acceptors (Lipinski definition) is 3. The van der Waals surface area contributed by atoms with E-state index in [4.69, 9.17) is 4.74 Å². The molecule has 1 aromatic carbocycles. The Morgan fingerprint density at radius 1 is 1.15 bits per heavy atom. The number of carbonyl (C=O) groups excluding carboxylic acids is 1. The van der Waals surface area contributed by atoms with Crippen molar-refractivity contribution in [2.45, 2.75) is 51.7 Å². The second kappa shape index (κ2) is 12.8. The summed E-state index contributed by atoms with van der Waals surface area (Å²) in [6, 6.07) is 5.96. The van der Waals surface area contributed by atoms with Gasteiger partial charge >= 0.3 is 12.2 Å². The van der Waals surface area contributed by atoms with Crippen molar-refractivity contribution < 1.29 is 22.7 Å². The average Bonchev–Trinajstić information content (AvgIpc) is 2.79. The fraction of sp³-hybridized carbons (Fsp3) is 0.708. The van der Waals surface area contributed by atoms with Crippen molar-refractivity contribution in [3.8, 4) is 0 Å². The van der Waals surface area contributed by atoms with Crippen LogP contribution in [-0.2, 0) is 17.3 Å². The van der Waals surface area contributed by atoms with Crippen LogP contribution in [0.3, 0.4) is 0 Å². The van der Waals surface area contributed by atoms with Gasteiger partial charge in [-0.05, 0) is 56.7 Å². The third-order valence-corrected chi connectivity index (χ3v) is 6.58. The lowest BCUT2D eigenvalue weighted by Crippen LogP contribution is -2.51. The first-order valence-electron chi connectivity index (χ1n) is 11.8. The fourth-order valence-corrected chi connectivity index (χ4v) is 4.72. The number of urea groups is 1. The summed E-state index contributed by atoms with van der Waals surface area (Å²) in [5.41, 5.74) is 0.140. The van der Waals surface area contributed by atoms with Crippen LogP contribution in [-0.4, -0.2) is 79.3 Å². The first-order valence-corrected chi connectivity index (χ1v) is 11.8. The number of rotatable bonds is 7. The van der Waals surface area contributed by atoms with E-state index >= 15 is 0 Å². The third kappa shape index (κ3) is 8.04. The first-order chi connectivity index (χ1) is 15.3. The van der Waals surface area contributed by atoms with Gasteiger partial charge in [-0.2, -0.15) is 13.2 Å². The predicted octanol–water partition coefficient (Wildman–Crippen LogP) is 4.93. The molecule has 2 aliphatic heterocycles. The molecule has 2 heterocycles. The topological polar surface area (TPSA) is 36.0 Å². The summed E-state index contributed by atoms with van der Waals surface area (Å²) in [4.78, 5) is 18.9. The number of ether oxygens (including phenoxy) is 1. The van der Waals surface area contributed by atoms with E-state index in [9.17, 15) is 18.0 Å². The monoisotopic (exact) mass is 491 g/mol. The van der Waals surface area contributed by atoms with E-state index < -0.39 is 11.7 Å². The van der Waals surface area contributed by atoms with E-state index in [0.29, 0.717) is 38.6 Å². The average molecular weight is 492 g/mol. The Morgan fingerprint density at radius 3 is 2.39 bits per heavy atom. The molecule has 0 N–H and O–H groups in total. The molecule has 2 fully saturated rings. The number of piperidine rings is 1. The Bertz CT molecular complexity index is 736. The van der Waals surface area contributed by atoms with Gasteiger partial charge in [-0.25, -0.2) is 4.79 Å². The summed E-state index contributed by atoms with van der Waals surface area (Å²) in [6.45, 7) is 10.2. The van der Waals surface area contributed by atoms with Crippen molar-refractivity contribution >= 4 is 18.4 Å². The first kappa shape index (κ1) is 27.7. The highest BCUT2D eigenvalue weighted by Crippen LogP contribution is 2.30. The Balaban J connectivity index is 0.00000385. The van der Waals surface area contributed by atoms with Gasteiger partial charge in [0.05, 0.1) is 18.8 Å². The van der Waals surface area contributed by atoms with Crippen LogP contribution in [0.2, 0.25) is 0 Å². The van der Waals surface area contributed by atoms with Crippen LogP contribution < -0.4 is 0 Å². The van der Waals surface area contributed by atoms with Crippen molar-refractivity contribution in [2.75, 3.05) is 52.5 Å². The maximum atomic E-state index is 13.1. The number of morpholine rings is 1. The minimum atomic E-state index is -4.31. The zero-order valence-electron chi connectivity index (χ0n) is 19.6.